The minimum Gasteiger partial charge on any atom is -0.503 e. The summed E-state index contributed by atoms with van der Waals surface area (Å²) in [5.74, 6) is -0.183. The van der Waals surface area contributed by atoms with Crippen LogP contribution in [-0.2, 0) is 4.79 Å². The Morgan fingerprint density at radius 3 is 2.35 bits per heavy atom. The van der Waals surface area contributed by atoms with Crippen molar-refractivity contribution in [2.45, 2.75) is 19.9 Å². The van der Waals surface area contributed by atoms with E-state index in [2.05, 4.69) is 4.98 Å². The highest BCUT2D eigenvalue weighted by Gasteiger charge is 2.45. The van der Waals surface area contributed by atoms with Crippen LogP contribution < -0.4 is 19.1 Å². The standard InChI is InChI=1S/C31H28N2O6S/c1-5-39-22-14-12-21(13-15-22)33-26(20-11-16-23(37-3)24(17-20)38-4)25(28(35)31(33)36)27(34)29-18(2)32-30(40-29)19-9-7-6-8-10-19/h6-17,26,35H,5H2,1-4H3. The van der Waals surface area contributed by atoms with Crippen LogP contribution in [0.2, 0.25) is 0 Å². The molecule has 0 saturated heterocycles. The van der Waals surface area contributed by atoms with E-state index in [1.165, 1.54) is 30.5 Å². The average molecular weight is 557 g/mol. The summed E-state index contributed by atoms with van der Waals surface area (Å²) >= 11 is 1.23. The summed E-state index contributed by atoms with van der Waals surface area (Å²) < 4.78 is 16.5. The highest BCUT2D eigenvalue weighted by molar-refractivity contribution is 7.17. The monoisotopic (exact) mass is 556 g/mol. The SMILES string of the molecule is CCOc1ccc(N2C(=O)C(O)=C(C(=O)c3sc(-c4ccccc4)nc3C)C2c2ccc(OC)c(OC)c2)cc1. The Balaban J connectivity index is 1.63. The van der Waals surface area contributed by atoms with Crippen LogP contribution in [-0.4, -0.2) is 42.6 Å². The first-order valence-electron chi connectivity index (χ1n) is 12.7. The van der Waals surface area contributed by atoms with E-state index in [4.69, 9.17) is 14.2 Å². The minimum absolute atomic E-state index is 0.0301. The maximum atomic E-state index is 14.1. The molecule has 0 bridgehead atoms. The molecule has 0 fully saturated rings. The van der Waals surface area contributed by atoms with Crippen molar-refractivity contribution >= 4 is 28.7 Å². The summed E-state index contributed by atoms with van der Waals surface area (Å²) in [5, 5.41) is 11.9. The summed E-state index contributed by atoms with van der Waals surface area (Å²) in [5.41, 5.74) is 2.43. The summed E-state index contributed by atoms with van der Waals surface area (Å²) in [6, 6.07) is 20.7. The molecule has 0 aliphatic carbocycles. The number of hydrogen-bond donors (Lipinski definition) is 1. The molecule has 1 aliphatic heterocycles. The number of hydrogen-bond acceptors (Lipinski definition) is 8. The molecule has 1 amide bonds. The largest absolute Gasteiger partial charge is 0.503 e. The van der Waals surface area contributed by atoms with Crippen molar-refractivity contribution in [3.8, 4) is 27.8 Å². The Bertz CT molecular complexity index is 1590. The fourth-order valence-electron chi connectivity index (χ4n) is 4.75. The van der Waals surface area contributed by atoms with Crippen LogP contribution in [0.15, 0.2) is 84.1 Å². The Labute approximate surface area is 236 Å². The molecule has 1 atom stereocenters. The van der Waals surface area contributed by atoms with Gasteiger partial charge in [-0.25, -0.2) is 4.98 Å². The lowest BCUT2D eigenvalue weighted by molar-refractivity contribution is -0.117. The van der Waals surface area contributed by atoms with Gasteiger partial charge in [0.25, 0.3) is 5.91 Å². The van der Waals surface area contributed by atoms with Crippen molar-refractivity contribution in [2.24, 2.45) is 0 Å². The molecule has 0 spiro atoms. The first-order chi connectivity index (χ1) is 19.4. The van der Waals surface area contributed by atoms with Crippen molar-refractivity contribution in [1.29, 1.82) is 0 Å². The van der Waals surface area contributed by atoms with Crippen LogP contribution in [0.25, 0.3) is 10.6 Å². The van der Waals surface area contributed by atoms with Crippen LogP contribution >= 0.6 is 11.3 Å². The number of aromatic nitrogens is 1. The van der Waals surface area contributed by atoms with Crippen molar-refractivity contribution in [3.63, 3.8) is 0 Å². The summed E-state index contributed by atoms with van der Waals surface area (Å²) in [6.07, 6.45) is 0. The van der Waals surface area contributed by atoms with E-state index < -0.39 is 23.5 Å². The van der Waals surface area contributed by atoms with Gasteiger partial charge in [0.2, 0.25) is 5.78 Å². The Kier molecular flexibility index (Phi) is 7.57. The van der Waals surface area contributed by atoms with Gasteiger partial charge in [-0.1, -0.05) is 36.4 Å². The zero-order chi connectivity index (χ0) is 28.4. The number of Topliss-reactive ketones (excluding diaryl/α,β-unsaturated/α-hetero) is 1. The molecule has 3 aromatic carbocycles. The van der Waals surface area contributed by atoms with Crippen molar-refractivity contribution < 1.29 is 28.9 Å². The van der Waals surface area contributed by atoms with E-state index in [0.717, 1.165) is 5.56 Å². The quantitative estimate of drug-likeness (QED) is 0.241. The zero-order valence-electron chi connectivity index (χ0n) is 22.5. The predicted molar refractivity (Wildman–Crippen MR) is 154 cm³/mol. The highest BCUT2D eigenvalue weighted by atomic mass is 32.1. The third-order valence-electron chi connectivity index (χ3n) is 6.63. The van der Waals surface area contributed by atoms with Gasteiger partial charge >= 0.3 is 0 Å². The molecule has 8 nitrogen and oxygen atoms in total. The van der Waals surface area contributed by atoms with Crippen LogP contribution in [0, 0.1) is 6.92 Å². The van der Waals surface area contributed by atoms with Crippen molar-refractivity contribution in [3.05, 3.63) is 100 Å². The summed E-state index contributed by atoms with van der Waals surface area (Å²) in [4.78, 5) is 34.1. The molecule has 9 heteroatoms. The number of carbonyl (C=O) groups excluding carboxylic acids is 2. The van der Waals surface area contributed by atoms with Crippen LogP contribution in [0.4, 0.5) is 5.69 Å². The number of aryl methyl sites for hydroxylation is 1. The summed E-state index contributed by atoms with van der Waals surface area (Å²) in [6.45, 7) is 4.13. The second-order valence-electron chi connectivity index (χ2n) is 9.01. The van der Waals surface area contributed by atoms with Gasteiger partial charge in [-0.15, -0.1) is 11.3 Å². The van der Waals surface area contributed by atoms with Gasteiger partial charge in [-0.3, -0.25) is 14.5 Å². The highest BCUT2D eigenvalue weighted by Crippen LogP contribution is 2.45. The lowest BCUT2D eigenvalue weighted by atomic mass is 9.94. The van der Waals surface area contributed by atoms with Crippen LogP contribution in [0.3, 0.4) is 0 Å². The van der Waals surface area contributed by atoms with Gasteiger partial charge in [0.05, 0.1) is 43.0 Å². The molecule has 0 saturated carbocycles. The number of ketones is 1. The number of amides is 1. The van der Waals surface area contributed by atoms with E-state index in [0.29, 0.717) is 50.7 Å². The first kappa shape index (κ1) is 27.0. The molecule has 1 unspecified atom stereocenters. The maximum absolute atomic E-state index is 14.1. The molecule has 40 heavy (non-hydrogen) atoms. The third kappa shape index (κ3) is 4.80. The van der Waals surface area contributed by atoms with E-state index in [9.17, 15) is 14.7 Å². The topological polar surface area (TPSA) is 98.2 Å². The van der Waals surface area contributed by atoms with Gasteiger partial charge in [-0.05, 0) is 55.8 Å². The number of aliphatic hydroxyl groups is 1. The van der Waals surface area contributed by atoms with Crippen molar-refractivity contribution in [1.82, 2.24) is 4.98 Å². The lowest BCUT2D eigenvalue weighted by Gasteiger charge is -2.27. The molecule has 0 radical (unpaired) electrons. The average Bonchev–Trinajstić information content (AvgIpc) is 3.50. The number of anilines is 1. The summed E-state index contributed by atoms with van der Waals surface area (Å²) in [7, 11) is 3.04. The number of thiazole rings is 1. The smallest absolute Gasteiger partial charge is 0.294 e. The van der Waals surface area contributed by atoms with Crippen LogP contribution in [0.5, 0.6) is 17.2 Å². The van der Waals surface area contributed by atoms with Crippen LogP contribution in [0.1, 0.15) is 33.9 Å². The van der Waals surface area contributed by atoms with Crippen molar-refractivity contribution in [2.75, 3.05) is 25.7 Å². The molecule has 5 rings (SSSR count). The lowest BCUT2D eigenvalue weighted by Crippen LogP contribution is -2.31. The number of nitrogens with zero attached hydrogens (tertiary/aromatic N) is 2. The predicted octanol–water partition coefficient (Wildman–Crippen LogP) is 6.32. The maximum Gasteiger partial charge on any atom is 0.294 e. The van der Waals surface area contributed by atoms with Gasteiger partial charge < -0.3 is 19.3 Å². The zero-order valence-corrected chi connectivity index (χ0v) is 23.3. The molecule has 4 aromatic rings. The van der Waals surface area contributed by atoms with E-state index in [-0.39, 0.29) is 5.57 Å². The normalized spacial score (nSPS) is 14.9. The third-order valence-corrected chi connectivity index (χ3v) is 7.83. The number of aliphatic hydroxyl groups excluding tert-OH is 1. The first-order valence-corrected chi connectivity index (χ1v) is 13.5. The molecule has 1 N–H and O–H groups in total. The van der Waals surface area contributed by atoms with Gasteiger partial charge in [0, 0.05) is 11.3 Å². The minimum atomic E-state index is -0.931. The van der Waals surface area contributed by atoms with E-state index >= 15 is 0 Å². The Morgan fingerprint density at radius 1 is 1.00 bits per heavy atom. The fourth-order valence-corrected chi connectivity index (χ4v) is 5.77. The van der Waals surface area contributed by atoms with E-state index in [1.807, 2.05) is 37.3 Å². The number of benzene rings is 3. The molecular formula is C31H28N2O6S. The number of rotatable bonds is 9. The Morgan fingerprint density at radius 2 is 1.70 bits per heavy atom. The van der Waals surface area contributed by atoms with E-state index in [1.54, 1.807) is 49.4 Å². The molecule has 2 heterocycles. The molecule has 1 aromatic heterocycles. The molecule has 204 valence electrons. The Hall–Kier alpha value is -4.63. The molecular weight excluding hydrogens is 528 g/mol. The second-order valence-corrected chi connectivity index (χ2v) is 10.0. The van der Waals surface area contributed by atoms with Gasteiger partial charge in [0.15, 0.2) is 17.3 Å². The van der Waals surface area contributed by atoms with Gasteiger partial charge in [0.1, 0.15) is 10.8 Å². The molecule has 1 aliphatic rings. The fraction of sp³-hybridized carbons (Fsp3) is 0.194. The van der Waals surface area contributed by atoms with Gasteiger partial charge in [-0.2, -0.15) is 0 Å². The number of ether oxygens (including phenoxy) is 3. The second kappa shape index (κ2) is 11.2. The number of methoxy groups -OCH3 is 2. The number of carbonyl (C=O) groups is 2.